The minimum Gasteiger partial charge on any atom is -0.436 e. The maximum absolute atomic E-state index is 13.4. The zero-order chi connectivity index (χ0) is 23.5. The van der Waals surface area contributed by atoms with Crippen LogP contribution in [0.2, 0.25) is 5.02 Å². The lowest BCUT2D eigenvalue weighted by atomic mass is 9.98. The zero-order valence-electron chi connectivity index (χ0n) is 18.0. The number of aromatic nitrogens is 1. The Labute approximate surface area is 201 Å². The number of carbonyl (C=O) groups excluding carboxylic acids is 1. The molecule has 1 aromatic heterocycles. The Hall–Kier alpha value is -3.29. The Bertz CT molecular complexity index is 1350. The van der Waals surface area contributed by atoms with E-state index in [0.29, 0.717) is 33.7 Å². The fourth-order valence-electron chi connectivity index (χ4n) is 3.32. The molecule has 0 unspecified atom stereocenters. The predicted octanol–water partition coefficient (Wildman–Crippen LogP) is 6.93. The molecular weight excluding hydrogens is 461 g/mol. The predicted molar refractivity (Wildman–Crippen MR) is 133 cm³/mol. The van der Waals surface area contributed by atoms with Crippen LogP contribution in [0.25, 0.3) is 22.6 Å². The molecule has 0 aliphatic heterocycles. The van der Waals surface area contributed by atoms with Gasteiger partial charge in [0.15, 0.2) is 10.7 Å². The molecule has 4 aromatic rings. The van der Waals surface area contributed by atoms with E-state index in [9.17, 15) is 9.18 Å². The number of fused-ring (bicyclic) bond motifs is 1. The van der Waals surface area contributed by atoms with Crippen molar-refractivity contribution in [2.24, 2.45) is 0 Å². The van der Waals surface area contributed by atoms with Gasteiger partial charge < -0.3 is 9.73 Å². The second-order valence-electron chi connectivity index (χ2n) is 7.67. The first-order chi connectivity index (χ1) is 15.8. The Morgan fingerprint density at radius 1 is 1.18 bits per heavy atom. The molecule has 33 heavy (non-hydrogen) atoms. The lowest BCUT2D eigenvalue weighted by molar-refractivity contribution is 0.0977. The van der Waals surface area contributed by atoms with E-state index < -0.39 is 11.7 Å². The van der Waals surface area contributed by atoms with Gasteiger partial charge in [-0.05, 0) is 78.7 Å². The van der Waals surface area contributed by atoms with Crippen molar-refractivity contribution < 1.29 is 13.6 Å². The topological polar surface area (TPSA) is 67.2 Å². The number of halogens is 2. The first-order valence-electron chi connectivity index (χ1n) is 10.4. The number of nitrogens with one attached hydrogen (secondary N) is 2. The number of hydrogen-bond donors (Lipinski definition) is 2. The zero-order valence-corrected chi connectivity index (χ0v) is 19.6. The van der Waals surface area contributed by atoms with Gasteiger partial charge in [-0.2, -0.15) is 0 Å². The number of oxazole rings is 1. The Kier molecular flexibility index (Phi) is 6.72. The van der Waals surface area contributed by atoms with Gasteiger partial charge in [-0.25, -0.2) is 9.37 Å². The highest BCUT2D eigenvalue weighted by Gasteiger charge is 2.14. The maximum Gasteiger partial charge on any atom is 0.257 e. The van der Waals surface area contributed by atoms with E-state index in [4.69, 9.17) is 28.2 Å². The summed E-state index contributed by atoms with van der Waals surface area (Å²) in [5, 5.41) is 5.85. The Morgan fingerprint density at radius 3 is 2.76 bits per heavy atom. The Balaban J connectivity index is 1.54. The lowest BCUT2D eigenvalue weighted by Crippen LogP contribution is -2.34. The van der Waals surface area contributed by atoms with Crippen molar-refractivity contribution in [3.8, 4) is 11.5 Å². The Morgan fingerprint density at radius 2 is 2.00 bits per heavy atom. The van der Waals surface area contributed by atoms with Crippen LogP contribution in [0, 0.1) is 5.82 Å². The molecule has 0 aliphatic carbocycles. The van der Waals surface area contributed by atoms with E-state index in [1.54, 1.807) is 18.2 Å². The minimum absolute atomic E-state index is 0.0269. The third kappa shape index (κ3) is 5.21. The fourth-order valence-corrected chi connectivity index (χ4v) is 3.69. The molecular formula is C25H21ClFN3O2S. The first kappa shape index (κ1) is 22.9. The van der Waals surface area contributed by atoms with Crippen LogP contribution in [0.1, 0.15) is 42.1 Å². The van der Waals surface area contributed by atoms with Gasteiger partial charge in [0.2, 0.25) is 5.89 Å². The number of nitrogens with zero attached hydrogens (tertiary/aromatic N) is 1. The number of thiocarbonyl (C=S) groups is 1. The highest BCUT2D eigenvalue weighted by Crippen LogP contribution is 2.31. The first-order valence-corrected chi connectivity index (χ1v) is 11.2. The van der Waals surface area contributed by atoms with Gasteiger partial charge in [0.05, 0.1) is 10.7 Å². The number of benzene rings is 3. The molecule has 0 bridgehead atoms. The molecule has 5 nitrogen and oxygen atoms in total. The van der Waals surface area contributed by atoms with Gasteiger partial charge in [-0.15, -0.1) is 0 Å². The van der Waals surface area contributed by atoms with Crippen LogP contribution in [0.15, 0.2) is 65.1 Å². The van der Waals surface area contributed by atoms with Crippen molar-refractivity contribution in [2.45, 2.75) is 26.2 Å². The highest BCUT2D eigenvalue weighted by atomic mass is 35.5. The van der Waals surface area contributed by atoms with Gasteiger partial charge >= 0.3 is 0 Å². The second kappa shape index (κ2) is 9.68. The van der Waals surface area contributed by atoms with E-state index >= 15 is 0 Å². The molecule has 4 rings (SSSR count). The summed E-state index contributed by atoms with van der Waals surface area (Å²) in [6, 6.07) is 16.6. The van der Waals surface area contributed by atoms with Crippen molar-refractivity contribution in [1.29, 1.82) is 0 Å². The van der Waals surface area contributed by atoms with E-state index in [2.05, 4.69) is 35.5 Å². The summed E-state index contributed by atoms with van der Waals surface area (Å²) < 4.78 is 19.3. The smallest absolute Gasteiger partial charge is 0.257 e. The molecule has 2 N–H and O–H groups in total. The molecule has 0 saturated heterocycles. The van der Waals surface area contributed by atoms with Gasteiger partial charge in [-0.3, -0.25) is 10.1 Å². The van der Waals surface area contributed by atoms with Crippen LogP contribution in [0.5, 0.6) is 0 Å². The molecule has 0 radical (unpaired) electrons. The summed E-state index contributed by atoms with van der Waals surface area (Å²) in [7, 11) is 0. The monoisotopic (exact) mass is 481 g/mol. The molecule has 168 valence electrons. The van der Waals surface area contributed by atoms with Gasteiger partial charge in [0, 0.05) is 11.1 Å². The summed E-state index contributed by atoms with van der Waals surface area (Å²) in [5.41, 5.74) is 4.01. The number of rotatable bonds is 5. The summed E-state index contributed by atoms with van der Waals surface area (Å²) in [4.78, 5) is 16.9. The molecule has 1 heterocycles. The van der Waals surface area contributed by atoms with Crippen molar-refractivity contribution in [1.82, 2.24) is 10.3 Å². The molecule has 0 aliphatic rings. The van der Waals surface area contributed by atoms with Crippen LogP contribution in [-0.2, 0) is 0 Å². The third-order valence-corrected chi connectivity index (χ3v) is 5.90. The van der Waals surface area contributed by atoms with Crippen LogP contribution in [0.4, 0.5) is 10.1 Å². The van der Waals surface area contributed by atoms with Gasteiger partial charge in [-0.1, -0.05) is 37.6 Å². The van der Waals surface area contributed by atoms with Crippen LogP contribution >= 0.6 is 23.8 Å². The SMILES string of the molecule is CC[C@H](C)c1ccc2oc(-c3ccc(Cl)c(NC(=S)NC(=O)c4cccc(F)c4)c3)nc2c1. The summed E-state index contributed by atoms with van der Waals surface area (Å²) in [6.07, 6.45) is 1.04. The molecule has 1 atom stereocenters. The van der Waals surface area contributed by atoms with Crippen LogP contribution in [0.3, 0.4) is 0 Å². The van der Waals surface area contributed by atoms with E-state index in [1.807, 2.05) is 12.1 Å². The molecule has 8 heteroatoms. The molecule has 0 spiro atoms. The third-order valence-electron chi connectivity index (χ3n) is 5.37. The van der Waals surface area contributed by atoms with Crippen molar-refractivity contribution in [3.63, 3.8) is 0 Å². The molecule has 1 amide bonds. The van der Waals surface area contributed by atoms with Crippen molar-refractivity contribution >= 4 is 51.6 Å². The van der Waals surface area contributed by atoms with E-state index in [1.165, 1.54) is 23.8 Å². The largest absolute Gasteiger partial charge is 0.436 e. The van der Waals surface area contributed by atoms with Crippen molar-refractivity contribution in [3.05, 3.63) is 82.6 Å². The standard InChI is InChI=1S/C25H21ClFN3O2S/c1-3-14(2)15-8-10-22-21(12-15)28-24(32-22)17-7-9-19(26)20(13-17)29-25(33)30-23(31)16-5-4-6-18(27)11-16/h4-14H,3H2,1-2H3,(H2,29,30,31,33)/t14-/m0/s1. The average molecular weight is 482 g/mol. The molecule has 0 fully saturated rings. The van der Waals surface area contributed by atoms with E-state index in [0.717, 1.165) is 18.0 Å². The van der Waals surface area contributed by atoms with Crippen molar-refractivity contribution in [2.75, 3.05) is 5.32 Å². The summed E-state index contributed by atoms with van der Waals surface area (Å²) >= 11 is 11.5. The van der Waals surface area contributed by atoms with Crippen LogP contribution < -0.4 is 10.6 Å². The molecule has 0 saturated carbocycles. The fraction of sp³-hybridized carbons (Fsp3) is 0.160. The minimum atomic E-state index is -0.532. The maximum atomic E-state index is 13.4. The number of hydrogen-bond acceptors (Lipinski definition) is 4. The van der Waals surface area contributed by atoms with Gasteiger partial charge in [0.25, 0.3) is 5.91 Å². The number of amides is 1. The second-order valence-corrected chi connectivity index (χ2v) is 8.48. The average Bonchev–Trinajstić information content (AvgIpc) is 3.23. The lowest BCUT2D eigenvalue weighted by Gasteiger charge is -2.12. The normalized spacial score (nSPS) is 11.9. The van der Waals surface area contributed by atoms with Gasteiger partial charge in [0.1, 0.15) is 11.3 Å². The summed E-state index contributed by atoms with van der Waals surface area (Å²) in [6.45, 7) is 4.32. The summed E-state index contributed by atoms with van der Waals surface area (Å²) in [5.74, 6) is -0.160. The quantitative estimate of drug-likeness (QED) is 0.302. The highest BCUT2D eigenvalue weighted by molar-refractivity contribution is 7.80. The number of carbonyl (C=O) groups is 1. The molecule has 3 aromatic carbocycles. The van der Waals surface area contributed by atoms with E-state index in [-0.39, 0.29) is 10.7 Å². The van der Waals surface area contributed by atoms with Crippen LogP contribution in [-0.4, -0.2) is 16.0 Å². The number of anilines is 1.